The number of rotatable bonds is 2. The maximum atomic E-state index is 10.3. The Bertz CT molecular complexity index is 397. The van der Waals surface area contributed by atoms with Gasteiger partial charge in [0.2, 0.25) is 0 Å². The van der Waals surface area contributed by atoms with Crippen LogP contribution in [0.2, 0.25) is 10.0 Å². The van der Waals surface area contributed by atoms with Crippen molar-refractivity contribution >= 4 is 35.2 Å². The van der Waals surface area contributed by atoms with Crippen LogP contribution in [0.15, 0.2) is 18.2 Å². The van der Waals surface area contributed by atoms with Crippen molar-refractivity contribution < 1.29 is 9.90 Å². The molecule has 0 bridgehead atoms. The van der Waals surface area contributed by atoms with Crippen molar-refractivity contribution in [1.82, 2.24) is 0 Å². The van der Waals surface area contributed by atoms with E-state index in [-0.39, 0.29) is 0 Å². The number of benzene rings is 1. The molecule has 0 aliphatic heterocycles. The maximum Gasteiger partial charge on any atom is 0.328 e. The van der Waals surface area contributed by atoms with Crippen LogP contribution in [0, 0.1) is 6.92 Å². The third-order valence-electron chi connectivity index (χ3n) is 1.74. The van der Waals surface area contributed by atoms with Gasteiger partial charge in [0.1, 0.15) is 0 Å². The second-order valence-corrected chi connectivity index (χ2v) is 3.55. The van der Waals surface area contributed by atoms with E-state index in [2.05, 4.69) is 0 Å². The Labute approximate surface area is 91.8 Å². The minimum atomic E-state index is -1.01. The molecule has 14 heavy (non-hydrogen) atoms. The summed E-state index contributed by atoms with van der Waals surface area (Å²) in [4.78, 5) is 10.3. The average Bonchev–Trinajstić information content (AvgIpc) is 2.11. The van der Waals surface area contributed by atoms with Crippen LogP contribution in [-0.4, -0.2) is 11.1 Å². The number of carbonyl (C=O) groups is 1. The van der Waals surface area contributed by atoms with Gasteiger partial charge >= 0.3 is 5.97 Å². The largest absolute Gasteiger partial charge is 0.478 e. The standard InChI is InChI=1S/C10H8Cl2O2/c1-6-2-4-8(11)10(12)7(6)3-5-9(13)14/h2-5H,1H3,(H,13,14). The van der Waals surface area contributed by atoms with Crippen LogP contribution in [-0.2, 0) is 4.79 Å². The van der Waals surface area contributed by atoms with Crippen LogP contribution in [0.25, 0.3) is 6.08 Å². The molecule has 74 valence electrons. The lowest BCUT2D eigenvalue weighted by Gasteiger charge is -2.04. The lowest BCUT2D eigenvalue weighted by Crippen LogP contribution is -1.88. The molecule has 0 radical (unpaired) electrons. The Morgan fingerprint density at radius 2 is 2.07 bits per heavy atom. The lowest BCUT2D eigenvalue weighted by atomic mass is 10.1. The fraction of sp³-hybridized carbons (Fsp3) is 0.100. The summed E-state index contributed by atoms with van der Waals surface area (Å²) in [5.41, 5.74) is 1.53. The van der Waals surface area contributed by atoms with Crippen LogP contribution in [0.5, 0.6) is 0 Å². The van der Waals surface area contributed by atoms with E-state index in [4.69, 9.17) is 28.3 Å². The molecule has 1 aromatic rings. The molecular weight excluding hydrogens is 223 g/mol. The molecule has 0 spiro atoms. The van der Waals surface area contributed by atoms with Crippen molar-refractivity contribution in [2.75, 3.05) is 0 Å². The van der Waals surface area contributed by atoms with E-state index in [0.29, 0.717) is 15.6 Å². The van der Waals surface area contributed by atoms with E-state index in [1.165, 1.54) is 6.08 Å². The molecule has 4 heteroatoms. The third-order valence-corrected chi connectivity index (χ3v) is 2.56. The van der Waals surface area contributed by atoms with Crippen LogP contribution < -0.4 is 0 Å². The van der Waals surface area contributed by atoms with Gasteiger partial charge in [0.25, 0.3) is 0 Å². The Balaban J connectivity index is 3.19. The zero-order valence-corrected chi connectivity index (χ0v) is 8.93. The number of carboxylic acids is 1. The van der Waals surface area contributed by atoms with E-state index < -0.39 is 5.97 Å². The summed E-state index contributed by atoms with van der Waals surface area (Å²) in [5.74, 6) is -1.01. The molecule has 0 fully saturated rings. The summed E-state index contributed by atoms with van der Waals surface area (Å²) in [7, 11) is 0. The highest BCUT2D eigenvalue weighted by Crippen LogP contribution is 2.29. The van der Waals surface area contributed by atoms with Crippen molar-refractivity contribution in [2.45, 2.75) is 6.92 Å². The Kier molecular flexibility index (Phi) is 3.55. The highest BCUT2D eigenvalue weighted by molar-refractivity contribution is 6.43. The van der Waals surface area contributed by atoms with Crippen molar-refractivity contribution in [2.24, 2.45) is 0 Å². The smallest absolute Gasteiger partial charge is 0.328 e. The summed E-state index contributed by atoms with van der Waals surface area (Å²) >= 11 is 11.7. The molecule has 0 amide bonds. The summed E-state index contributed by atoms with van der Waals surface area (Å²) in [5, 5.41) is 9.26. The summed E-state index contributed by atoms with van der Waals surface area (Å²) in [6, 6.07) is 3.47. The third kappa shape index (κ3) is 2.50. The lowest BCUT2D eigenvalue weighted by molar-refractivity contribution is -0.131. The van der Waals surface area contributed by atoms with Crippen molar-refractivity contribution in [1.29, 1.82) is 0 Å². The first kappa shape index (κ1) is 11.1. The first-order chi connectivity index (χ1) is 6.52. The number of aliphatic carboxylic acids is 1. The van der Waals surface area contributed by atoms with Gasteiger partial charge < -0.3 is 5.11 Å². The normalized spacial score (nSPS) is 10.8. The highest BCUT2D eigenvalue weighted by atomic mass is 35.5. The zero-order chi connectivity index (χ0) is 10.7. The first-order valence-electron chi connectivity index (χ1n) is 3.88. The van der Waals surface area contributed by atoms with Gasteiger partial charge in [0.15, 0.2) is 0 Å². The number of hydrogen-bond donors (Lipinski definition) is 1. The number of carboxylic acid groups (broad SMARTS) is 1. The van der Waals surface area contributed by atoms with E-state index in [1.807, 2.05) is 6.92 Å². The van der Waals surface area contributed by atoms with Crippen molar-refractivity contribution in [3.05, 3.63) is 39.4 Å². The molecule has 0 heterocycles. The number of aryl methyl sites for hydroxylation is 1. The van der Waals surface area contributed by atoms with Gasteiger partial charge in [-0.05, 0) is 30.2 Å². The number of hydrogen-bond acceptors (Lipinski definition) is 1. The van der Waals surface area contributed by atoms with Crippen LogP contribution in [0.1, 0.15) is 11.1 Å². The van der Waals surface area contributed by atoms with Gasteiger partial charge in [0.05, 0.1) is 10.0 Å². The molecule has 1 N–H and O–H groups in total. The van der Waals surface area contributed by atoms with Crippen LogP contribution in [0.3, 0.4) is 0 Å². The van der Waals surface area contributed by atoms with E-state index in [9.17, 15) is 4.79 Å². The van der Waals surface area contributed by atoms with Crippen LogP contribution in [0.4, 0.5) is 0 Å². The first-order valence-corrected chi connectivity index (χ1v) is 4.63. The summed E-state index contributed by atoms with van der Waals surface area (Å²) < 4.78 is 0. The molecule has 0 aromatic heterocycles. The summed E-state index contributed by atoms with van der Waals surface area (Å²) in [6.07, 6.45) is 2.47. The fourth-order valence-electron chi connectivity index (χ4n) is 1.02. The highest BCUT2D eigenvalue weighted by Gasteiger charge is 2.05. The maximum absolute atomic E-state index is 10.3. The average molecular weight is 231 g/mol. The Hall–Kier alpha value is -0.990. The molecule has 2 nitrogen and oxygen atoms in total. The van der Waals surface area contributed by atoms with Gasteiger partial charge in [0, 0.05) is 6.08 Å². The van der Waals surface area contributed by atoms with E-state index in [1.54, 1.807) is 12.1 Å². The quantitative estimate of drug-likeness (QED) is 0.792. The van der Waals surface area contributed by atoms with Gasteiger partial charge in [-0.2, -0.15) is 0 Å². The van der Waals surface area contributed by atoms with E-state index >= 15 is 0 Å². The van der Waals surface area contributed by atoms with Crippen molar-refractivity contribution in [3.8, 4) is 0 Å². The molecule has 0 atom stereocenters. The zero-order valence-electron chi connectivity index (χ0n) is 7.42. The molecule has 1 rings (SSSR count). The van der Waals surface area contributed by atoms with Crippen molar-refractivity contribution in [3.63, 3.8) is 0 Å². The van der Waals surface area contributed by atoms with Gasteiger partial charge in [-0.1, -0.05) is 29.3 Å². The topological polar surface area (TPSA) is 37.3 Å². The molecule has 1 aromatic carbocycles. The Morgan fingerprint density at radius 3 is 2.64 bits per heavy atom. The molecule has 0 saturated heterocycles. The minimum absolute atomic E-state index is 0.379. The number of halogens is 2. The van der Waals surface area contributed by atoms with Gasteiger partial charge in [-0.3, -0.25) is 0 Å². The molecule has 0 aliphatic carbocycles. The monoisotopic (exact) mass is 230 g/mol. The predicted molar refractivity (Wildman–Crippen MR) is 57.9 cm³/mol. The molecule has 0 saturated carbocycles. The molecule has 0 aliphatic rings. The Morgan fingerprint density at radius 1 is 1.43 bits per heavy atom. The molecule has 0 unspecified atom stereocenters. The summed E-state index contributed by atoms with van der Waals surface area (Å²) in [6.45, 7) is 1.84. The second-order valence-electron chi connectivity index (χ2n) is 2.76. The fourth-order valence-corrected chi connectivity index (χ4v) is 1.46. The minimum Gasteiger partial charge on any atom is -0.478 e. The predicted octanol–water partition coefficient (Wildman–Crippen LogP) is 3.40. The second kappa shape index (κ2) is 4.49. The van der Waals surface area contributed by atoms with Crippen LogP contribution >= 0.6 is 23.2 Å². The van der Waals surface area contributed by atoms with Gasteiger partial charge in [-0.25, -0.2) is 4.79 Å². The van der Waals surface area contributed by atoms with E-state index in [0.717, 1.165) is 11.6 Å². The van der Waals surface area contributed by atoms with Gasteiger partial charge in [-0.15, -0.1) is 0 Å². The molecular formula is C10H8Cl2O2. The SMILES string of the molecule is Cc1ccc(Cl)c(Cl)c1C=CC(=O)O.